The lowest BCUT2D eigenvalue weighted by molar-refractivity contribution is -0.138. The lowest BCUT2D eigenvalue weighted by Crippen LogP contribution is -2.32. The molecular formula is C10H13NO3. The fraction of sp³-hybridized carbons (Fsp3) is 0.300. The summed E-state index contributed by atoms with van der Waals surface area (Å²) in [5.41, 5.74) is 1.79. The van der Waals surface area contributed by atoms with Gasteiger partial charge in [0.25, 0.3) is 0 Å². The molecule has 4 heteroatoms. The number of benzene rings is 1. The van der Waals surface area contributed by atoms with Crippen molar-refractivity contribution in [3.05, 3.63) is 29.8 Å². The number of nitrogens with one attached hydrogen (secondary N) is 1. The van der Waals surface area contributed by atoms with Crippen LogP contribution in [0.3, 0.4) is 0 Å². The fourth-order valence-corrected chi connectivity index (χ4v) is 1.04. The van der Waals surface area contributed by atoms with E-state index in [0.717, 1.165) is 5.56 Å². The minimum atomic E-state index is -1.06. The van der Waals surface area contributed by atoms with Gasteiger partial charge in [0.1, 0.15) is 6.04 Å². The molecule has 0 aliphatic heterocycles. The molecule has 4 nitrogen and oxygen atoms in total. The molecule has 0 aliphatic carbocycles. The van der Waals surface area contributed by atoms with Gasteiger partial charge in [-0.05, 0) is 19.1 Å². The summed E-state index contributed by atoms with van der Waals surface area (Å²) in [7, 11) is 0. The first-order chi connectivity index (χ1) is 6.63. The van der Waals surface area contributed by atoms with Crippen LogP contribution in [-0.4, -0.2) is 28.8 Å². The van der Waals surface area contributed by atoms with Crippen LogP contribution in [0.15, 0.2) is 24.3 Å². The highest BCUT2D eigenvalue weighted by Gasteiger charge is 2.14. The quantitative estimate of drug-likeness (QED) is 0.666. The lowest BCUT2D eigenvalue weighted by Gasteiger charge is -2.12. The Morgan fingerprint density at radius 3 is 2.43 bits per heavy atom. The van der Waals surface area contributed by atoms with Crippen LogP contribution < -0.4 is 5.32 Å². The normalized spacial score (nSPS) is 12.1. The SMILES string of the molecule is Cc1ccc(N[C@@H](CO)C(=O)O)cc1. The van der Waals surface area contributed by atoms with E-state index in [1.165, 1.54) is 0 Å². The van der Waals surface area contributed by atoms with Gasteiger partial charge in [-0.25, -0.2) is 4.79 Å². The van der Waals surface area contributed by atoms with Gasteiger partial charge in [0.2, 0.25) is 0 Å². The predicted molar refractivity (Wildman–Crippen MR) is 53.3 cm³/mol. The molecule has 1 atom stereocenters. The van der Waals surface area contributed by atoms with E-state index < -0.39 is 18.6 Å². The Kier molecular flexibility index (Phi) is 3.48. The van der Waals surface area contributed by atoms with E-state index in [2.05, 4.69) is 5.32 Å². The van der Waals surface area contributed by atoms with Crippen LogP contribution >= 0.6 is 0 Å². The maximum Gasteiger partial charge on any atom is 0.328 e. The van der Waals surface area contributed by atoms with Crippen molar-refractivity contribution in [2.45, 2.75) is 13.0 Å². The highest BCUT2D eigenvalue weighted by atomic mass is 16.4. The molecule has 0 aromatic heterocycles. The van der Waals surface area contributed by atoms with Gasteiger partial charge in [0.15, 0.2) is 0 Å². The molecule has 0 radical (unpaired) electrons. The Balaban J connectivity index is 2.67. The molecule has 0 unspecified atom stereocenters. The maximum atomic E-state index is 10.6. The average molecular weight is 195 g/mol. The minimum Gasteiger partial charge on any atom is -0.480 e. The van der Waals surface area contributed by atoms with Crippen molar-refractivity contribution in [3.8, 4) is 0 Å². The third-order valence-electron chi connectivity index (χ3n) is 1.87. The second-order valence-corrected chi connectivity index (χ2v) is 3.08. The summed E-state index contributed by atoms with van der Waals surface area (Å²) in [6, 6.07) is 6.36. The molecule has 3 N–H and O–H groups in total. The maximum absolute atomic E-state index is 10.6. The van der Waals surface area contributed by atoms with Gasteiger partial charge in [-0.2, -0.15) is 0 Å². The van der Waals surface area contributed by atoms with Crippen molar-refractivity contribution in [3.63, 3.8) is 0 Å². The van der Waals surface area contributed by atoms with Crippen molar-refractivity contribution >= 4 is 11.7 Å². The summed E-state index contributed by atoms with van der Waals surface area (Å²) in [5, 5.41) is 20.1. The first-order valence-corrected chi connectivity index (χ1v) is 4.30. The van der Waals surface area contributed by atoms with Crippen molar-refractivity contribution < 1.29 is 15.0 Å². The molecular weight excluding hydrogens is 182 g/mol. The molecule has 0 fully saturated rings. The number of aliphatic hydroxyl groups is 1. The van der Waals surface area contributed by atoms with Gasteiger partial charge < -0.3 is 15.5 Å². The molecule has 1 aromatic rings. The average Bonchev–Trinajstić information content (AvgIpc) is 2.16. The number of aliphatic hydroxyl groups excluding tert-OH is 1. The summed E-state index contributed by atoms with van der Waals surface area (Å²) < 4.78 is 0. The van der Waals surface area contributed by atoms with E-state index in [4.69, 9.17) is 10.2 Å². The van der Waals surface area contributed by atoms with Crippen LogP contribution in [0.1, 0.15) is 5.56 Å². The molecule has 1 rings (SSSR count). The van der Waals surface area contributed by atoms with Crippen LogP contribution in [0.25, 0.3) is 0 Å². The third-order valence-corrected chi connectivity index (χ3v) is 1.87. The van der Waals surface area contributed by atoms with Crippen LogP contribution in [0.2, 0.25) is 0 Å². The van der Waals surface area contributed by atoms with Gasteiger partial charge in [-0.15, -0.1) is 0 Å². The Morgan fingerprint density at radius 1 is 1.43 bits per heavy atom. The third kappa shape index (κ3) is 2.74. The Bertz CT molecular complexity index is 308. The molecule has 0 saturated heterocycles. The molecule has 0 bridgehead atoms. The van der Waals surface area contributed by atoms with Crippen molar-refractivity contribution in [1.29, 1.82) is 0 Å². The highest BCUT2D eigenvalue weighted by molar-refractivity contribution is 5.77. The van der Waals surface area contributed by atoms with E-state index in [0.29, 0.717) is 5.69 Å². The van der Waals surface area contributed by atoms with E-state index in [1.807, 2.05) is 19.1 Å². The zero-order chi connectivity index (χ0) is 10.6. The molecule has 0 spiro atoms. The first-order valence-electron chi connectivity index (χ1n) is 4.30. The lowest BCUT2D eigenvalue weighted by atomic mass is 10.2. The van der Waals surface area contributed by atoms with Crippen molar-refractivity contribution in [2.24, 2.45) is 0 Å². The molecule has 0 amide bonds. The van der Waals surface area contributed by atoms with Crippen LogP contribution in [-0.2, 0) is 4.79 Å². The summed E-state index contributed by atoms with van der Waals surface area (Å²) in [4.78, 5) is 10.6. The number of carboxylic acid groups (broad SMARTS) is 1. The van der Waals surface area contributed by atoms with E-state index in [1.54, 1.807) is 12.1 Å². The molecule has 0 aliphatic rings. The van der Waals surface area contributed by atoms with Crippen LogP contribution in [0, 0.1) is 6.92 Å². The predicted octanol–water partition coefficient (Wildman–Crippen LogP) is 0.852. The number of rotatable bonds is 4. The number of aryl methyl sites for hydroxylation is 1. The Labute approximate surface area is 82.2 Å². The van der Waals surface area contributed by atoms with Gasteiger partial charge in [-0.1, -0.05) is 17.7 Å². The summed E-state index contributed by atoms with van der Waals surface area (Å²) in [5.74, 6) is -1.06. The van der Waals surface area contributed by atoms with Crippen molar-refractivity contribution in [2.75, 3.05) is 11.9 Å². The minimum absolute atomic E-state index is 0.427. The molecule has 76 valence electrons. The van der Waals surface area contributed by atoms with Gasteiger partial charge in [-0.3, -0.25) is 0 Å². The smallest absolute Gasteiger partial charge is 0.328 e. The monoisotopic (exact) mass is 195 g/mol. The number of hydrogen-bond donors (Lipinski definition) is 3. The number of anilines is 1. The van der Waals surface area contributed by atoms with Crippen LogP contribution in [0.4, 0.5) is 5.69 Å². The molecule has 0 saturated carbocycles. The highest BCUT2D eigenvalue weighted by Crippen LogP contribution is 2.09. The van der Waals surface area contributed by atoms with Crippen LogP contribution in [0.5, 0.6) is 0 Å². The second-order valence-electron chi connectivity index (χ2n) is 3.08. The van der Waals surface area contributed by atoms with Gasteiger partial charge >= 0.3 is 5.97 Å². The van der Waals surface area contributed by atoms with E-state index >= 15 is 0 Å². The molecule has 14 heavy (non-hydrogen) atoms. The fourth-order valence-electron chi connectivity index (χ4n) is 1.04. The number of carboxylic acids is 1. The summed E-state index contributed by atoms with van der Waals surface area (Å²) >= 11 is 0. The van der Waals surface area contributed by atoms with E-state index in [-0.39, 0.29) is 0 Å². The Morgan fingerprint density at radius 2 is 2.00 bits per heavy atom. The largest absolute Gasteiger partial charge is 0.480 e. The number of hydrogen-bond acceptors (Lipinski definition) is 3. The summed E-state index contributed by atoms with van der Waals surface area (Å²) in [6.45, 7) is 1.52. The first kappa shape index (κ1) is 10.5. The topological polar surface area (TPSA) is 69.6 Å². The molecule has 1 aromatic carbocycles. The number of carbonyl (C=O) groups is 1. The van der Waals surface area contributed by atoms with Gasteiger partial charge in [0, 0.05) is 5.69 Å². The molecule has 0 heterocycles. The number of aliphatic carboxylic acids is 1. The van der Waals surface area contributed by atoms with Crippen molar-refractivity contribution in [1.82, 2.24) is 0 Å². The Hall–Kier alpha value is -1.55. The van der Waals surface area contributed by atoms with E-state index in [9.17, 15) is 4.79 Å². The zero-order valence-electron chi connectivity index (χ0n) is 7.90. The van der Waals surface area contributed by atoms with Gasteiger partial charge in [0.05, 0.1) is 6.61 Å². The zero-order valence-corrected chi connectivity index (χ0v) is 7.90. The summed E-state index contributed by atoms with van der Waals surface area (Å²) in [6.07, 6.45) is 0. The second kappa shape index (κ2) is 4.62. The standard InChI is InChI=1S/C10H13NO3/c1-7-2-4-8(5-3-7)11-9(6-12)10(13)14/h2-5,9,11-12H,6H2,1H3,(H,13,14)/t9-/m0/s1.